The molecule has 1 amide bonds. The lowest BCUT2D eigenvalue weighted by atomic mass is 9.65. The van der Waals surface area contributed by atoms with Crippen LogP contribution in [0.15, 0.2) is 73.6 Å². The van der Waals surface area contributed by atoms with Crippen LogP contribution in [0.1, 0.15) is 120 Å². The Kier molecular flexibility index (Phi) is 24.4. The molecule has 2 heterocycles. The van der Waals surface area contributed by atoms with Gasteiger partial charge in [-0.05, 0) is 86.8 Å². The number of aromatic nitrogens is 4. The molecule has 2 saturated carbocycles. The fourth-order valence-electron chi connectivity index (χ4n) is 8.82. The molecule has 0 aliphatic heterocycles. The van der Waals surface area contributed by atoms with Gasteiger partial charge in [0.05, 0.1) is 29.8 Å². The lowest BCUT2D eigenvalue weighted by Crippen LogP contribution is -2.51. The maximum absolute atomic E-state index is 13.2. The van der Waals surface area contributed by atoms with Crippen LogP contribution in [0.4, 0.5) is 37.7 Å². The molecular weight excluding hydrogens is 1150 g/mol. The van der Waals surface area contributed by atoms with Crippen LogP contribution in [0, 0.1) is 10.8 Å². The Morgan fingerprint density at radius 3 is 1.37 bits per heavy atom. The average Bonchev–Trinajstić information content (AvgIpc) is 3.47. The zero-order valence-corrected chi connectivity index (χ0v) is 48.0. The summed E-state index contributed by atoms with van der Waals surface area (Å²) in [6, 6.07) is 12.3. The summed E-state index contributed by atoms with van der Waals surface area (Å²) in [4.78, 5) is 61.6. The van der Waals surface area contributed by atoms with Gasteiger partial charge in [0.1, 0.15) is 50.0 Å². The number of amides is 1. The third-order valence-electron chi connectivity index (χ3n) is 13.5. The number of carbonyl (C=O) groups excluding carboxylic acids is 3. The van der Waals surface area contributed by atoms with E-state index in [0.29, 0.717) is 59.4 Å². The highest BCUT2D eigenvalue weighted by molar-refractivity contribution is 7.90. The van der Waals surface area contributed by atoms with Gasteiger partial charge in [0.25, 0.3) is 5.91 Å². The number of anilines is 2. The highest BCUT2D eigenvalue weighted by atomic mass is 32.2. The highest BCUT2D eigenvalue weighted by Crippen LogP contribution is 2.47. The van der Waals surface area contributed by atoms with E-state index in [0.717, 1.165) is 75.9 Å². The first kappa shape index (κ1) is 67.0. The number of thiocarbonyl (C=S) groups is 2. The van der Waals surface area contributed by atoms with Crippen molar-refractivity contribution in [2.75, 3.05) is 49.3 Å². The number of nitrogens with one attached hydrogen (secondary N) is 3. The molecular formula is C52H64F6N8O11S4. The van der Waals surface area contributed by atoms with Crippen molar-refractivity contribution in [1.29, 1.82) is 0 Å². The molecule has 29 heteroatoms. The smallest absolute Gasteiger partial charge is 0.434 e. The van der Waals surface area contributed by atoms with Crippen molar-refractivity contribution in [3.8, 4) is 0 Å². The Morgan fingerprint density at radius 1 is 0.654 bits per heavy atom. The SMILES string of the molecule is COC(=O)[C@H](Cc1ccc(N)cc1)NC(=S)C1(CCCCS(C)(=O)=O)CCC1.COC(=O)[C@H](Cc1ccc(NC(=O)c2cncnc2C(F)(F)F)cc1)NC(=S)C1(CCCCS(C)(=O)=O)CCC1.O=C(O)c1cncnc1C(F)(F)F. The summed E-state index contributed by atoms with van der Waals surface area (Å²) in [5.74, 6) is -3.27. The quantitative estimate of drug-likeness (QED) is 0.0155. The number of nitrogens with zero attached hydrogens (tertiary/aromatic N) is 4. The minimum Gasteiger partial charge on any atom is -0.478 e. The van der Waals surface area contributed by atoms with E-state index in [9.17, 15) is 62.4 Å². The number of esters is 2. The van der Waals surface area contributed by atoms with Gasteiger partial charge in [-0.15, -0.1) is 0 Å². The minimum absolute atomic E-state index is 0.118. The van der Waals surface area contributed by atoms with E-state index in [1.54, 1.807) is 24.3 Å². The van der Waals surface area contributed by atoms with Crippen LogP contribution in [-0.4, -0.2) is 126 Å². The number of hydrogen-bond donors (Lipinski definition) is 5. The fourth-order valence-corrected chi connectivity index (χ4v) is 11.2. The number of benzene rings is 2. The molecule has 0 unspecified atom stereocenters. The number of halogens is 6. The Balaban J connectivity index is 0.000000296. The number of nitrogens with two attached hydrogens (primary N) is 1. The van der Waals surface area contributed by atoms with Gasteiger partial charge in [-0.25, -0.2) is 51.2 Å². The maximum Gasteiger partial charge on any atom is 0.434 e. The second-order valence-electron chi connectivity index (χ2n) is 19.7. The molecule has 2 atom stereocenters. The number of carboxylic acid groups (broad SMARTS) is 1. The second kappa shape index (κ2) is 29.5. The molecule has 19 nitrogen and oxygen atoms in total. The van der Waals surface area contributed by atoms with Crippen molar-refractivity contribution >= 4 is 89.3 Å². The zero-order valence-electron chi connectivity index (χ0n) is 44.7. The highest BCUT2D eigenvalue weighted by Gasteiger charge is 2.44. The number of nitrogen functional groups attached to an aromatic ring is 1. The second-order valence-corrected chi connectivity index (χ2v) is 25.0. The van der Waals surface area contributed by atoms with Crippen molar-refractivity contribution in [3.63, 3.8) is 0 Å². The van der Waals surface area contributed by atoms with Gasteiger partial charge in [0.15, 0.2) is 11.4 Å². The third-order valence-corrected chi connectivity index (χ3v) is 16.7. The molecule has 0 spiro atoms. The predicted octanol–water partition coefficient (Wildman–Crippen LogP) is 7.98. The molecule has 4 aromatic rings. The molecule has 2 aliphatic rings. The van der Waals surface area contributed by atoms with Gasteiger partial charge < -0.3 is 36.3 Å². The molecule has 81 heavy (non-hydrogen) atoms. The minimum atomic E-state index is -4.82. The van der Waals surface area contributed by atoms with Crippen molar-refractivity contribution in [2.24, 2.45) is 10.8 Å². The molecule has 2 fully saturated rings. The Labute approximate surface area is 476 Å². The Hall–Kier alpha value is -6.46. The van der Waals surface area contributed by atoms with Crippen molar-refractivity contribution in [1.82, 2.24) is 30.6 Å². The molecule has 0 bridgehead atoms. The van der Waals surface area contributed by atoms with E-state index in [1.165, 1.54) is 38.9 Å². The summed E-state index contributed by atoms with van der Waals surface area (Å²) in [7, 11) is -3.34. The van der Waals surface area contributed by atoms with E-state index >= 15 is 0 Å². The third kappa shape index (κ3) is 21.1. The number of hydrogen-bond acceptors (Lipinski definition) is 17. The predicted molar refractivity (Wildman–Crippen MR) is 296 cm³/mol. The summed E-state index contributed by atoms with van der Waals surface area (Å²) in [6.45, 7) is 0. The lowest BCUT2D eigenvalue weighted by molar-refractivity contribution is -0.143. The monoisotopic (exact) mass is 1220 g/mol. The van der Waals surface area contributed by atoms with E-state index < -0.39 is 84.5 Å². The normalized spacial score (nSPS) is 15.2. The van der Waals surface area contributed by atoms with Gasteiger partial charge in [0.2, 0.25) is 0 Å². The first-order valence-corrected chi connectivity index (χ1v) is 30.1. The van der Waals surface area contributed by atoms with Crippen molar-refractivity contribution < 1.29 is 76.9 Å². The van der Waals surface area contributed by atoms with Gasteiger partial charge in [0, 0.05) is 71.5 Å². The van der Waals surface area contributed by atoms with Crippen LogP contribution < -0.4 is 21.7 Å². The van der Waals surface area contributed by atoms with Crippen molar-refractivity contribution in [2.45, 2.75) is 114 Å². The summed E-state index contributed by atoms with van der Waals surface area (Å²) in [6.07, 6.45) is 6.27. The van der Waals surface area contributed by atoms with Crippen LogP contribution in [0.3, 0.4) is 0 Å². The molecule has 2 aliphatic carbocycles. The number of sulfone groups is 2. The van der Waals surface area contributed by atoms with Crippen LogP contribution in [0.25, 0.3) is 0 Å². The van der Waals surface area contributed by atoms with E-state index in [-0.39, 0.29) is 40.4 Å². The first-order valence-electron chi connectivity index (χ1n) is 25.2. The number of alkyl halides is 6. The first-order chi connectivity index (χ1) is 37.8. The summed E-state index contributed by atoms with van der Waals surface area (Å²) in [5, 5.41) is 17.1. The van der Waals surface area contributed by atoms with E-state index in [4.69, 9.17) is 44.7 Å². The number of carboxylic acids is 1. The number of rotatable bonds is 23. The number of unbranched alkanes of at least 4 members (excludes halogenated alkanes) is 2. The largest absolute Gasteiger partial charge is 0.478 e. The molecule has 0 saturated heterocycles. The zero-order chi connectivity index (χ0) is 60.4. The number of aromatic carboxylic acids is 1. The van der Waals surface area contributed by atoms with E-state index in [2.05, 4.69) is 35.9 Å². The van der Waals surface area contributed by atoms with E-state index in [1.807, 2.05) is 12.1 Å². The number of carbonyl (C=O) groups is 4. The van der Waals surface area contributed by atoms with Gasteiger partial charge >= 0.3 is 30.3 Å². The summed E-state index contributed by atoms with van der Waals surface area (Å²) in [5.41, 5.74) is 3.45. The van der Waals surface area contributed by atoms with Crippen LogP contribution in [-0.2, 0) is 63.9 Å². The van der Waals surface area contributed by atoms with Crippen LogP contribution in [0.5, 0.6) is 0 Å². The number of ether oxygens (including phenoxy) is 2. The number of methoxy groups -OCH3 is 2. The Morgan fingerprint density at radius 2 is 1.04 bits per heavy atom. The summed E-state index contributed by atoms with van der Waals surface area (Å²) >= 11 is 11.4. The lowest BCUT2D eigenvalue weighted by Gasteiger charge is -2.43. The topological polar surface area (TPSA) is 289 Å². The van der Waals surface area contributed by atoms with Gasteiger partial charge in [-0.1, -0.05) is 74.4 Å². The molecule has 444 valence electrons. The molecule has 2 aromatic carbocycles. The molecule has 2 aromatic heterocycles. The maximum atomic E-state index is 13.2. The fraction of sp³-hybridized carbons (Fsp3) is 0.500. The standard InChI is InChI=1S/C26H31F3N4O5S2.C20H30N2O4S2.C6H3F3N2O2/c1-38-23(35)20(33-24(39)25(11-5-12-25)10-3-4-13-40(2,36)37)14-17-6-8-18(9-7-17)32-22(34)19-15-30-16-31-21(19)26(27,28)29;1-26-18(23)17(14-15-6-8-16(21)9-7-15)22-19(27)20(11-5-12-20)10-3-4-13-28(2,24)25;7-6(8,9)4-3(5(12)13)1-10-2-11-4/h6-9,15-16,20H,3-5,10-14H2,1-2H3,(H,32,34)(H,33,39);6-9,17H,3-5,10-14,21H2,1-2H3,(H,22,27);1-2H,(H,12,13)/t20-;17-;/m00./s1. The van der Waals surface area contributed by atoms with Crippen LogP contribution in [0.2, 0.25) is 0 Å². The molecule has 0 radical (unpaired) electrons. The molecule has 6 N–H and O–H groups in total. The van der Waals surface area contributed by atoms with Gasteiger partial charge in [-0.3, -0.25) is 4.79 Å². The van der Waals surface area contributed by atoms with Gasteiger partial charge in [-0.2, -0.15) is 26.3 Å². The summed E-state index contributed by atoms with van der Waals surface area (Å²) < 4.78 is 131. The average molecular weight is 1220 g/mol. The molecule has 6 rings (SSSR count). The van der Waals surface area contributed by atoms with Crippen molar-refractivity contribution in [3.05, 3.63) is 107 Å². The Bertz CT molecular complexity index is 3060. The van der Waals surface area contributed by atoms with Crippen LogP contribution >= 0.6 is 24.4 Å².